The Labute approximate surface area is 129 Å². The van der Waals surface area contributed by atoms with Gasteiger partial charge in [-0.2, -0.15) is 0 Å². The van der Waals surface area contributed by atoms with Crippen LogP contribution in [0.15, 0.2) is 4.99 Å². The van der Waals surface area contributed by atoms with Crippen molar-refractivity contribution in [3.8, 4) is 0 Å². The van der Waals surface area contributed by atoms with E-state index in [-0.39, 0.29) is 12.5 Å². The third-order valence-corrected chi connectivity index (χ3v) is 3.84. The van der Waals surface area contributed by atoms with Gasteiger partial charge in [0, 0.05) is 33.7 Å². The summed E-state index contributed by atoms with van der Waals surface area (Å²) in [7, 11) is 3.54. The molecule has 0 saturated carbocycles. The van der Waals surface area contributed by atoms with E-state index in [1.165, 1.54) is 6.42 Å². The molecule has 0 aromatic carbocycles. The molecule has 1 aliphatic heterocycles. The summed E-state index contributed by atoms with van der Waals surface area (Å²) < 4.78 is 0. The van der Waals surface area contributed by atoms with Crippen LogP contribution in [0.5, 0.6) is 0 Å². The lowest BCUT2D eigenvalue weighted by Gasteiger charge is -2.37. The van der Waals surface area contributed by atoms with E-state index in [0.29, 0.717) is 11.8 Å². The van der Waals surface area contributed by atoms with Gasteiger partial charge < -0.3 is 15.1 Å². The number of amides is 1. The predicted octanol–water partition coefficient (Wildman–Crippen LogP) is 1.80. The number of rotatable bonds is 5. The van der Waals surface area contributed by atoms with Gasteiger partial charge in [-0.15, -0.1) is 0 Å². The molecule has 1 rings (SSSR count). The molecule has 1 heterocycles. The first-order chi connectivity index (χ1) is 9.93. The lowest BCUT2D eigenvalue weighted by Crippen LogP contribution is -2.49. The maximum absolute atomic E-state index is 11.8. The molecule has 0 bridgehead atoms. The van der Waals surface area contributed by atoms with E-state index in [1.807, 2.05) is 0 Å². The number of guanidine groups is 1. The van der Waals surface area contributed by atoms with Crippen LogP contribution in [0.25, 0.3) is 0 Å². The minimum Gasteiger partial charge on any atom is -0.356 e. The van der Waals surface area contributed by atoms with Gasteiger partial charge in [-0.05, 0) is 24.7 Å². The van der Waals surface area contributed by atoms with Crippen molar-refractivity contribution in [3.05, 3.63) is 0 Å². The quantitative estimate of drug-likeness (QED) is 0.478. The molecular weight excluding hydrogens is 264 g/mol. The van der Waals surface area contributed by atoms with Crippen LogP contribution in [0.2, 0.25) is 0 Å². The molecule has 2 atom stereocenters. The van der Waals surface area contributed by atoms with Crippen LogP contribution >= 0.6 is 0 Å². The highest BCUT2D eigenvalue weighted by Gasteiger charge is 2.24. The van der Waals surface area contributed by atoms with Crippen molar-refractivity contribution in [2.75, 3.05) is 40.3 Å². The minimum atomic E-state index is 0.0443. The van der Waals surface area contributed by atoms with Crippen LogP contribution in [0.3, 0.4) is 0 Å². The number of nitrogens with one attached hydrogen (secondary N) is 1. The SMILES string of the molecule is CCCCNC(=NCC(=O)N(C)C)N1CC(C)CC(C)C1. The molecule has 0 spiro atoms. The lowest BCUT2D eigenvalue weighted by molar-refractivity contribution is -0.127. The molecule has 122 valence electrons. The topological polar surface area (TPSA) is 47.9 Å². The van der Waals surface area contributed by atoms with Gasteiger partial charge in [0.05, 0.1) is 0 Å². The predicted molar refractivity (Wildman–Crippen MR) is 88.4 cm³/mol. The molecule has 1 aliphatic rings. The van der Waals surface area contributed by atoms with Crippen LogP contribution in [0, 0.1) is 11.8 Å². The summed E-state index contributed by atoms with van der Waals surface area (Å²) in [4.78, 5) is 20.2. The smallest absolute Gasteiger partial charge is 0.243 e. The van der Waals surface area contributed by atoms with Crippen LogP contribution < -0.4 is 5.32 Å². The Morgan fingerprint density at radius 1 is 1.29 bits per heavy atom. The van der Waals surface area contributed by atoms with E-state index in [4.69, 9.17) is 0 Å². The van der Waals surface area contributed by atoms with Gasteiger partial charge in [-0.1, -0.05) is 27.2 Å². The highest BCUT2D eigenvalue weighted by atomic mass is 16.2. The molecule has 0 aromatic rings. The van der Waals surface area contributed by atoms with Crippen molar-refractivity contribution in [3.63, 3.8) is 0 Å². The molecule has 1 saturated heterocycles. The molecule has 1 amide bonds. The van der Waals surface area contributed by atoms with Crippen molar-refractivity contribution in [2.45, 2.75) is 40.0 Å². The molecule has 0 radical (unpaired) electrons. The standard InChI is InChI=1S/C16H32N4O/c1-6-7-8-17-16(18-10-15(21)19(4)5)20-11-13(2)9-14(3)12-20/h13-14H,6-12H2,1-5H3,(H,17,18). The monoisotopic (exact) mass is 296 g/mol. The fraction of sp³-hybridized carbons (Fsp3) is 0.875. The average molecular weight is 296 g/mol. The number of likely N-dealkylation sites (tertiary alicyclic amines) is 1. The maximum Gasteiger partial charge on any atom is 0.243 e. The van der Waals surface area contributed by atoms with Gasteiger partial charge in [0.15, 0.2) is 5.96 Å². The number of unbranched alkanes of at least 4 members (excludes halogenated alkanes) is 1. The molecule has 0 aliphatic carbocycles. The zero-order chi connectivity index (χ0) is 15.8. The number of nitrogens with zero attached hydrogens (tertiary/aromatic N) is 3. The van der Waals surface area contributed by atoms with Crippen molar-refractivity contribution in [1.29, 1.82) is 0 Å². The Bertz CT molecular complexity index is 344. The van der Waals surface area contributed by atoms with Crippen molar-refractivity contribution in [1.82, 2.24) is 15.1 Å². The molecule has 1 fully saturated rings. The summed E-state index contributed by atoms with van der Waals surface area (Å²) in [5, 5.41) is 3.43. The van der Waals surface area contributed by atoms with E-state index in [9.17, 15) is 4.79 Å². The van der Waals surface area contributed by atoms with Gasteiger partial charge in [-0.3, -0.25) is 4.79 Å². The van der Waals surface area contributed by atoms with E-state index >= 15 is 0 Å². The number of piperidine rings is 1. The van der Waals surface area contributed by atoms with Crippen LogP contribution in [-0.4, -0.2) is 61.9 Å². The second-order valence-electron chi connectivity index (χ2n) is 6.56. The Kier molecular flexibility index (Phi) is 7.54. The average Bonchev–Trinajstić information content (AvgIpc) is 2.41. The van der Waals surface area contributed by atoms with E-state index in [2.05, 4.69) is 36.0 Å². The zero-order valence-corrected chi connectivity index (χ0v) is 14.4. The number of carbonyl (C=O) groups excluding carboxylic acids is 1. The highest BCUT2D eigenvalue weighted by molar-refractivity contribution is 5.84. The molecule has 21 heavy (non-hydrogen) atoms. The third kappa shape index (κ3) is 6.36. The lowest BCUT2D eigenvalue weighted by atomic mass is 9.92. The van der Waals surface area contributed by atoms with Gasteiger partial charge in [-0.25, -0.2) is 4.99 Å². The molecule has 2 unspecified atom stereocenters. The molecular formula is C16H32N4O. The minimum absolute atomic E-state index is 0.0443. The molecule has 5 heteroatoms. The summed E-state index contributed by atoms with van der Waals surface area (Å²) in [5.41, 5.74) is 0. The van der Waals surface area contributed by atoms with Gasteiger partial charge in [0.25, 0.3) is 0 Å². The molecule has 1 N–H and O–H groups in total. The van der Waals surface area contributed by atoms with Crippen molar-refractivity contribution >= 4 is 11.9 Å². The van der Waals surface area contributed by atoms with Gasteiger partial charge >= 0.3 is 0 Å². The highest BCUT2D eigenvalue weighted by Crippen LogP contribution is 2.20. The van der Waals surface area contributed by atoms with Crippen LogP contribution in [-0.2, 0) is 4.79 Å². The fourth-order valence-corrected chi connectivity index (χ4v) is 2.76. The Morgan fingerprint density at radius 3 is 2.43 bits per heavy atom. The maximum atomic E-state index is 11.8. The first-order valence-corrected chi connectivity index (χ1v) is 8.17. The number of likely N-dealkylation sites (N-methyl/N-ethyl adjacent to an activating group) is 1. The van der Waals surface area contributed by atoms with E-state index < -0.39 is 0 Å². The first-order valence-electron chi connectivity index (χ1n) is 8.17. The van der Waals surface area contributed by atoms with Gasteiger partial charge in [0.1, 0.15) is 6.54 Å². The van der Waals surface area contributed by atoms with Crippen LogP contribution in [0.1, 0.15) is 40.0 Å². The van der Waals surface area contributed by atoms with Gasteiger partial charge in [0.2, 0.25) is 5.91 Å². The number of hydrogen-bond acceptors (Lipinski definition) is 2. The largest absolute Gasteiger partial charge is 0.356 e. The fourth-order valence-electron chi connectivity index (χ4n) is 2.76. The summed E-state index contributed by atoms with van der Waals surface area (Å²) in [6, 6.07) is 0. The molecule has 5 nitrogen and oxygen atoms in total. The van der Waals surface area contributed by atoms with E-state index in [0.717, 1.165) is 38.4 Å². The second-order valence-corrected chi connectivity index (χ2v) is 6.56. The Morgan fingerprint density at radius 2 is 1.90 bits per heavy atom. The Hall–Kier alpha value is -1.26. The number of carbonyl (C=O) groups is 1. The Balaban J connectivity index is 2.70. The molecule has 0 aromatic heterocycles. The second kappa shape index (κ2) is 8.90. The van der Waals surface area contributed by atoms with Crippen LogP contribution in [0.4, 0.5) is 0 Å². The summed E-state index contributed by atoms with van der Waals surface area (Å²) in [5.74, 6) is 2.30. The number of aliphatic imine (C=N–C) groups is 1. The third-order valence-electron chi connectivity index (χ3n) is 3.84. The van der Waals surface area contributed by atoms with Crippen molar-refractivity contribution < 1.29 is 4.79 Å². The summed E-state index contributed by atoms with van der Waals surface area (Å²) >= 11 is 0. The number of hydrogen-bond donors (Lipinski definition) is 1. The summed E-state index contributed by atoms with van der Waals surface area (Å²) in [6.45, 7) is 9.95. The van der Waals surface area contributed by atoms with E-state index in [1.54, 1.807) is 19.0 Å². The first kappa shape index (κ1) is 17.8. The summed E-state index contributed by atoms with van der Waals surface area (Å²) in [6.07, 6.45) is 3.55. The normalized spacial score (nSPS) is 23.1. The van der Waals surface area contributed by atoms with Crippen molar-refractivity contribution in [2.24, 2.45) is 16.8 Å². The zero-order valence-electron chi connectivity index (χ0n) is 14.4.